The average molecular weight is 391 g/mol. The smallest absolute Gasteiger partial charge is 0.416 e. The number of phenols is 1. The van der Waals surface area contributed by atoms with Crippen LogP contribution in [0.3, 0.4) is 0 Å². The molecule has 2 aliphatic rings. The van der Waals surface area contributed by atoms with Crippen LogP contribution in [0.1, 0.15) is 15.9 Å². The summed E-state index contributed by atoms with van der Waals surface area (Å²) in [5.74, 6) is -1.21. The van der Waals surface area contributed by atoms with Crippen molar-refractivity contribution in [3.8, 4) is 16.9 Å². The van der Waals surface area contributed by atoms with E-state index in [2.05, 4.69) is 10.6 Å². The van der Waals surface area contributed by atoms with E-state index in [4.69, 9.17) is 0 Å². The van der Waals surface area contributed by atoms with Gasteiger partial charge in [0.2, 0.25) is 5.91 Å². The number of nitrogens with zero attached hydrogens (tertiary/aromatic N) is 1. The molecule has 3 N–H and O–H groups in total. The van der Waals surface area contributed by atoms with Crippen LogP contribution < -0.4 is 10.6 Å². The van der Waals surface area contributed by atoms with Crippen LogP contribution in [0.4, 0.5) is 18.9 Å². The zero-order valence-corrected chi connectivity index (χ0v) is 14.5. The summed E-state index contributed by atoms with van der Waals surface area (Å²) in [7, 11) is 0. The van der Waals surface area contributed by atoms with E-state index in [0.717, 1.165) is 6.07 Å². The Hall–Kier alpha value is -3.07. The molecule has 0 aromatic heterocycles. The second kappa shape index (κ2) is 6.52. The molecule has 4 rings (SSSR count). The number of hydrogen-bond donors (Lipinski definition) is 3. The maximum absolute atomic E-state index is 13.1. The van der Waals surface area contributed by atoms with E-state index < -0.39 is 23.5 Å². The molecule has 0 aliphatic carbocycles. The number of benzene rings is 2. The molecule has 2 aromatic carbocycles. The van der Waals surface area contributed by atoms with Gasteiger partial charge in [0.05, 0.1) is 16.8 Å². The number of halogens is 3. The quantitative estimate of drug-likeness (QED) is 0.698. The van der Waals surface area contributed by atoms with Crippen LogP contribution in [0.25, 0.3) is 11.1 Å². The molecule has 146 valence electrons. The number of nitrogens with one attached hydrogen (secondary N) is 2. The summed E-state index contributed by atoms with van der Waals surface area (Å²) in [6, 6.07) is 6.54. The number of rotatable bonds is 1. The van der Waals surface area contributed by atoms with Gasteiger partial charge in [-0.2, -0.15) is 13.2 Å². The summed E-state index contributed by atoms with van der Waals surface area (Å²) in [6.07, 6.45) is -4.61. The molecule has 0 bridgehead atoms. The lowest BCUT2D eigenvalue weighted by Crippen LogP contribution is -2.57. The summed E-state index contributed by atoms with van der Waals surface area (Å²) < 4.78 is 39.2. The lowest BCUT2D eigenvalue weighted by Gasteiger charge is -2.33. The monoisotopic (exact) mass is 391 g/mol. The molecule has 0 saturated carbocycles. The Labute approximate surface area is 158 Å². The third-order valence-corrected chi connectivity index (χ3v) is 4.89. The first-order valence-electron chi connectivity index (χ1n) is 8.62. The van der Waals surface area contributed by atoms with Gasteiger partial charge in [-0.05, 0) is 41.5 Å². The van der Waals surface area contributed by atoms with Crippen molar-refractivity contribution < 1.29 is 27.9 Å². The summed E-state index contributed by atoms with van der Waals surface area (Å²) in [5.41, 5.74) is -0.0255. The molecule has 2 heterocycles. The van der Waals surface area contributed by atoms with Crippen LogP contribution >= 0.6 is 0 Å². The third-order valence-electron chi connectivity index (χ3n) is 4.89. The zero-order chi connectivity index (χ0) is 20.1. The topological polar surface area (TPSA) is 81.7 Å². The number of carbonyl (C=O) groups is 2. The SMILES string of the molecule is O=C1Nc2ccc(-c3cc(O)cc(C(F)(F)F)c3)cc2C(=O)N2CCNCC12. The Morgan fingerprint density at radius 1 is 1.07 bits per heavy atom. The number of carbonyl (C=O) groups excluding carboxylic acids is 2. The largest absolute Gasteiger partial charge is 0.508 e. The Morgan fingerprint density at radius 2 is 1.86 bits per heavy atom. The molecule has 1 fully saturated rings. The van der Waals surface area contributed by atoms with Gasteiger partial charge in [-0.15, -0.1) is 0 Å². The van der Waals surface area contributed by atoms with Crippen molar-refractivity contribution in [2.75, 3.05) is 25.0 Å². The fourth-order valence-corrected chi connectivity index (χ4v) is 3.50. The number of phenolic OH excluding ortho intramolecular Hbond substituents is 1. The molecule has 6 nitrogen and oxygen atoms in total. The van der Waals surface area contributed by atoms with Crippen molar-refractivity contribution in [1.29, 1.82) is 0 Å². The van der Waals surface area contributed by atoms with Gasteiger partial charge >= 0.3 is 6.18 Å². The molecular weight excluding hydrogens is 375 g/mol. The van der Waals surface area contributed by atoms with Crippen molar-refractivity contribution >= 4 is 17.5 Å². The molecule has 0 radical (unpaired) electrons. The number of piperazine rings is 1. The number of amides is 2. The molecule has 28 heavy (non-hydrogen) atoms. The predicted octanol–water partition coefficient (Wildman–Crippen LogP) is 2.44. The van der Waals surface area contributed by atoms with Crippen LogP contribution in [0.2, 0.25) is 0 Å². The Kier molecular flexibility index (Phi) is 4.26. The molecule has 1 atom stereocenters. The van der Waals surface area contributed by atoms with Gasteiger partial charge < -0.3 is 20.6 Å². The van der Waals surface area contributed by atoms with Crippen LogP contribution in [0, 0.1) is 0 Å². The van der Waals surface area contributed by atoms with Crippen molar-refractivity contribution in [3.63, 3.8) is 0 Å². The fourth-order valence-electron chi connectivity index (χ4n) is 3.50. The number of anilines is 1. The number of fused-ring (bicyclic) bond motifs is 2. The highest BCUT2D eigenvalue weighted by atomic mass is 19.4. The first kappa shape index (κ1) is 18.3. The Balaban J connectivity index is 1.79. The lowest BCUT2D eigenvalue weighted by molar-refractivity contribution is -0.137. The van der Waals surface area contributed by atoms with Crippen molar-refractivity contribution in [2.45, 2.75) is 12.2 Å². The summed E-state index contributed by atoms with van der Waals surface area (Å²) in [6.45, 7) is 1.23. The van der Waals surface area contributed by atoms with Crippen molar-refractivity contribution in [1.82, 2.24) is 10.2 Å². The van der Waals surface area contributed by atoms with Gasteiger partial charge in [-0.3, -0.25) is 9.59 Å². The Bertz CT molecular complexity index is 975. The fraction of sp³-hybridized carbons (Fsp3) is 0.263. The van der Waals surface area contributed by atoms with Gasteiger partial charge in [0.15, 0.2) is 0 Å². The number of aromatic hydroxyl groups is 1. The van der Waals surface area contributed by atoms with Crippen LogP contribution in [-0.4, -0.2) is 47.5 Å². The van der Waals surface area contributed by atoms with E-state index in [0.29, 0.717) is 37.0 Å². The number of hydrogen-bond acceptors (Lipinski definition) is 4. The van der Waals surface area contributed by atoms with E-state index in [1.807, 2.05) is 0 Å². The van der Waals surface area contributed by atoms with E-state index in [-0.39, 0.29) is 22.9 Å². The Morgan fingerprint density at radius 3 is 2.61 bits per heavy atom. The first-order valence-corrected chi connectivity index (χ1v) is 8.62. The second-order valence-electron chi connectivity index (χ2n) is 6.73. The summed E-state index contributed by atoms with van der Waals surface area (Å²) in [5, 5.41) is 15.5. The van der Waals surface area contributed by atoms with Gasteiger partial charge in [0.25, 0.3) is 5.91 Å². The maximum Gasteiger partial charge on any atom is 0.416 e. The highest BCUT2D eigenvalue weighted by molar-refractivity contribution is 6.10. The standard InChI is InChI=1S/C19H16F3N3O3/c20-19(21,22)12-5-11(6-13(26)8-12)10-1-2-15-14(7-10)18(28)25-4-3-23-9-16(25)17(27)24-15/h1-2,5-8,16,23,26H,3-4,9H2,(H,24,27). The second-order valence-corrected chi connectivity index (χ2v) is 6.73. The van der Waals surface area contributed by atoms with Crippen molar-refractivity contribution in [3.05, 3.63) is 47.5 Å². The van der Waals surface area contributed by atoms with E-state index in [9.17, 15) is 27.9 Å². The highest BCUT2D eigenvalue weighted by Gasteiger charge is 2.37. The minimum atomic E-state index is -4.61. The van der Waals surface area contributed by atoms with Crippen LogP contribution in [-0.2, 0) is 11.0 Å². The van der Waals surface area contributed by atoms with E-state index in [1.54, 1.807) is 0 Å². The molecule has 1 saturated heterocycles. The minimum absolute atomic E-state index is 0.121. The van der Waals surface area contributed by atoms with Crippen molar-refractivity contribution in [2.24, 2.45) is 0 Å². The third kappa shape index (κ3) is 3.18. The van der Waals surface area contributed by atoms with Crippen LogP contribution in [0.5, 0.6) is 5.75 Å². The first-order chi connectivity index (χ1) is 13.2. The minimum Gasteiger partial charge on any atom is -0.508 e. The summed E-state index contributed by atoms with van der Waals surface area (Å²) >= 11 is 0. The molecule has 2 amide bonds. The molecule has 0 spiro atoms. The van der Waals surface area contributed by atoms with E-state index in [1.165, 1.54) is 29.2 Å². The van der Waals surface area contributed by atoms with Crippen LogP contribution in [0.15, 0.2) is 36.4 Å². The molecule has 2 aromatic rings. The highest BCUT2D eigenvalue weighted by Crippen LogP contribution is 2.36. The molecular formula is C19H16F3N3O3. The average Bonchev–Trinajstić information content (AvgIpc) is 2.76. The number of alkyl halides is 3. The molecule has 2 aliphatic heterocycles. The molecule has 9 heteroatoms. The van der Waals surface area contributed by atoms with Gasteiger partial charge in [-0.25, -0.2) is 0 Å². The van der Waals surface area contributed by atoms with Gasteiger partial charge in [-0.1, -0.05) is 6.07 Å². The van der Waals surface area contributed by atoms with E-state index >= 15 is 0 Å². The predicted molar refractivity (Wildman–Crippen MR) is 94.9 cm³/mol. The summed E-state index contributed by atoms with van der Waals surface area (Å²) in [4.78, 5) is 26.8. The lowest BCUT2D eigenvalue weighted by atomic mass is 9.99. The molecule has 1 unspecified atom stereocenters. The zero-order valence-electron chi connectivity index (χ0n) is 14.5. The maximum atomic E-state index is 13.1. The van der Waals surface area contributed by atoms with Gasteiger partial charge in [0, 0.05) is 19.6 Å². The van der Waals surface area contributed by atoms with Gasteiger partial charge in [0.1, 0.15) is 11.8 Å². The normalized spacial score (nSPS) is 19.5.